The van der Waals surface area contributed by atoms with Crippen LogP contribution in [-0.2, 0) is 4.79 Å². The van der Waals surface area contributed by atoms with Crippen molar-refractivity contribution in [2.45, 2.75) is 63.0 Å². The van der Waals surface area contributed by atoms with E-state index in [1.54, 1.807) is 40.0 Å². The number of benzene rings is 3. The number of likely N-dealkylation sites (tertiary alicyclic amines) is 1. The molecule has 354 valence electrons. The highest BCUT2D eigenvalue weighted by Crippen LogP contribution is 2.41. The van der Waals surface area contributed by atoms with Crippen molar-refractivity contribution in [3.63, 3.8) is 0 Å². The number of unbranched alkanes of at least 4 members (excludes halogenated alkanes) is 3. The minimum atomic E-state index is -0.526. The van der Waals surface area contributed by atoms with Gasteiger partial charge in [0.2, 0.25) is 11.7 Å². The van der Waals surface area contributed by atoms with Gasteiger partial charge in [-0.25, -0.2) is 0 Å². The summed E-state index contributed by atoms with van der Waals surface area (Å²) in [5.74, 6) is 3.98. The third kappa shape index (κ3) is 13.1. The van der Waals surface area contributed by atoms with Crippen LogP contribution in [0.2, 0.25) is 0 Å². The number of methoxy groups -OCH3 is 5. The molecule has 3 amide bonds. The fraction of sp³-hybridized carbons (Fsp3) is 0.511. The molecule has 2 aliphatic heterocycles. The molecule has 5 rings (SSSR count). The molecule has 0 bridgehead atoms. The van der Waals surface area contributed by atoms with E-state index in [2.05, 4.69) is 13.8 Å². The van der Waals surface area contributed by atoms with Crippen LogP contribution < -0.4 is 33.2 Å². The molecule has 0 aromatic heterocycles. The number of thioether (sulfide) groups is 2. The van der Waals surface area contributed by atoms with Crippen molar-refractivity contribution in [2.75, 3.05) is 93.0 Å². The van der Waals surface area contributed by atoms with Gasteiger partial charge in [0.15, 0.2) is 34.5 Å². The summed E-state index contributed by atoms with van der Waals surface area (Å²) in [5, 5.41) is 12.2. The highest BCUT2D eigenvalue weighted by Gasteiger charge is 2.38. The Balaban J connectivity index is 1.05. The summed E-state index contributed by atoms with van der Waals surface area (Å²) < 4.78 is 39.5. The second-order valence-corrected chi connectivity index (χ2v) is 18.3. The Morgan fingerprint density at radius 2 is 1.29 bits per heavy atom. The fourth-order valence-electron chi connectivity index (χ4n) is 7.84. The zero-order chi connectivity index (χ0) is 46.9. The van der Waals surface area contributed by atoms with E-state index in [1.165, 1.54) is 46.6 Å². The maximum Gasteiger partial charge on any atom is 0.286 e. The van der Waals surface area contributed by atoms with Crippen LogP contribution in [0.1, 0.15) is 78.7 Å². The molecule has 0 spiro atoms. The summed E-state index contributed by atoms with van der Waals surface area (Å²) in [4.78, 5) is 57.2. The van der Waals surface area contributed by atoms with Crippen molar-refractivity contribution < 1.29 is 52.5 Å². The van der Waals surface area contributed by atoms with Crippen LogP contribution >= 0.6 is 23.5 Å². The van der Waals surface area contributed by atoms with Gasteiger partial charge in [-0.3, -0.25) is 24.5 Å². The number of hydrogen-bond acceptors (Lipinski definition) is 14. The molecule has 2 saturated heterocycles. The van der Waals surface area contributed by atoms with E-state index < -0.39 is 4.92 Å². The van der Waals surface area contributed by atoms with Crippen LogP contribution in [0.3, 0.4) is 0 Å². The second-order valence-electron chi connectivity index (χ2n) is 15.2. The van der Waals surface area contributed by atoms with E-state index in [9.17, 15) is 24.5 Å². The number of piperazine rings is 1. The maximum atomic E-state index is 13.8. The molecule has 0 N–H and O–H groups in total. The average Bonchev–Trinajstić information content (AvgIpc) is 3.83. The number of amides is 3. The van der Waals surface area contributed by atoms with Gasteiger partial charge in [0, 0.05) is 50.4 Å². The van der Waals surface area contributed by atoms with Crippen LogP contribution in [0.15, 0.2) is 48.5 Å². The van der Waals surface area contributed by atoms with E-state index in [4.69, 9.17) is 33.2 Å². The van der Waals surface area contributed by atoms with Gasteiger partial charge in [0.1, 0.15) is 5.56 Å². The molecule has 1 atom stereocenters. The predicted octanol–water partition coefficient (Wildman–Crippen LogP) is 8.09. The van der Waals surface area contributed by atoms with Crippen LogP contribution in [0, 0.1) is 10.1 Å². The van der Waals surface area contributed by atoms with Crippen LogP contribution in [0.5, 0.6) is 40.2 Å². The Morgan fingerprint density at radius 3 is 1.86 bits per heavy atom. The topological polar surface area (TPSA) is 169 Å². The number of nitro groups is 1. The number of rotatable bonds is 24. The predicted molar refractivity (Wildman–Crippen MR) is 254 cm³/mol. The number of nitrogens with zero attached hydrogens (tertiary/aromatic N) is 4. The van der Waals surface area contributed by atoms with Gasteiger partial charge in [-0.15, -0.1) is 23.5 Å². The van der Waals surface area contributed by atoms with Crippen molar-refractivity contribution >= 4 is 53.0 Å². The van der Waals surface area contributed by atoms with Gasteiger partial charge in [0.25, 0.3) is 17.5 Å². The van der Waals surface area contributed by atoms with E-state index in [0.717, 1.165) is 49.2 Å². The summed E-state index contributed by atoms with van der Waals surface area (Å²) in [6, 6.07) is 11.5. The SMILES string of the molecule is CCSC(SCC)[C@@H]1CCCN1C(=O)c1cc(OC)c(OCCCCCCOc2ccc(/C=C/C(=O)N3CCN(C(=O)c4cc(OC)c(OC)c(OC)c4)CC3)cc2OC)cc1[N+](=O)[O-]. The van der Waals surface area contributed by atoms with Gasteiger partial charge < -0.3 is 47.9 Å². The second kappa shape index (κ2) is 25.3. The first-order chi connectivity index (χ1) is 31.5. The van der Waals surface area contributed by atoms with Gasteiger partial charge in [-0.05, 0) is 85.9 Å². The Morgan fingerprint density at radius 1 is 0.708 bits per heavy atom. The van der Waals surface area contributed by atoms with E-state index >= 15 is 0 Å². The Bertz CT molecular complexity index is 2100. The summed E-state index contributed by atoms with van der Waals surface area (Å²) in [6.07, 6.45) is 8.14. The van der Waals surface area contributed by atoms with Crippen molar-refractivity contribution in [3.05, 3.63) is 75.3 Å². The standard InChI is InChI=1S/C47H62N4O12S2/c1-8-64-47(65-9-2)35-15-14-20-50(35)46(54)34-30-39(58-4)40(31-36(34)51(55)56)63-26-13-11-10-12-25-62-37-18-16-32(27-38(37)57-3)17-19-43(52)48-21-23-49(24-22-48)45(53)33-28-41(59-5)44(61-7)42(29-33)60-6/h16-19,27-31,35,47H,8-15,20-26H2,1-7H3/b19-17+/t35-/m0/s1. The summed E-state index contributed by atoms with van der Waals surface area (Å²) in [7, 11) is 7.52. The number of carbonyl (C=O) groups excluding carboxylic acids is 3. The number of ether oxygens (including phenoxy) is 7. The molecule has 2 heterocycles. The zero-order valence-electron chi connectivity index (χ0n) is 38.5. The molecule has 2 fully saturated rings. The van der Waals surface area contributed by atoms with Gasteiger partial charge in [-0.2, -0.15) is 0 Å². The Kier molecular flexibility index (Phi) is 19.6. The quantitative estimate of drug-likeness (QED) is 0.0278. The number of hydrogen-bond donors (Lipinski definition) is 0. The lowest BCUT2D eigenvalue weighted by Gasteiger charge is -2.34. The lowest BCUT2D eigenvalue weighted by molar-refractivity contribution is -0.385. The molecule has 0 unspecified atom stereocenters. The molecule has 0 radical (unpaired) electrons. The van der Waals surface area contributed by atoms with E-state index in [0.29, 0.717) is 86.7 Å². The zero-order valence-corrected chi connectivity index (χ0v) is 40.1. The highest BCUT2D eigenvalue weighted by molar-refractivity contribution is 8.17. The first kappa shape index (κ1) is 50.5. The van der Waals surface area contributed by atoms with Crippen molar-refractivity contribution in [3.8, 4) is 40.2 Å². The molecule has 0 aliphatic carbocycles. The maximum absolute atomic E-state index is 13.8. The smallest absolute Gasteiger partial charge is 0.286 e. The van der Waals surface area contributed by atoms with Crippen LogP contribution in [0.4, 0.5) is 5.69 Å². The molecule has 3 aromatic carbocycles. The van der Waals surface area contributed by atoms with E-state index in [1.807, 2.05) is 41.7 Å². The van der Waals surface area contributed by atoms with E-state index in [-0.39, 0.29) is 51.1 Å². The first-order valence-electron chi connectivity index (χ1n) is 21.9. The minimum Gasteiger partial charge on any atom is -0.493 e. The molecular weight excluding hydrogens is 877 g/mol. The highest BCUT2D eigenvalue weighted by atomic mass is 32.2. The Labute approximate surface area is 390 Å². The van der Waals surface area contributed by atoms with Crippen molar-refractivity contribution in [1.82, 2.24) is 14.7 Å². The summed E-state index contributed by atoms with van der Waals surface area (Å²) in [5.41, 5.74) is 0.894. The Hall–Kier alpha value is -5.49. The fourth-order valence-corrected chi connectivity index (χ4v) is 10.7. The molecule has 16 nitrogen and oxygen atoms in total. The lowest BCUT2D eigenvalue weighted by atomic mass is 10.1. The molecule has 2 aliphatic rings. The van der Waals surface area contributed by atoms with Crippen LogP contribution in [0.25, 0.3) is 6.08 Å². The summed E-state index contributed by atoms with van der Waals surface area (Å²) in [6.45, 7) is 7.07. The monoisotopic (exact) mass is 938 g/mol. The van der Waals surface area contributed by atoms with Gasteiger partial charge >= 0.3 is 0 Å². The third-order valence-corrected chi connectivity index (χ3v) is 14.0. The molecule has 0 saturated carbocycles. The number of nitro benzene ring substituents is 1. The van der Waals surface area contributed by atoms with Crippen molar-refractivity contribution in [2.24, 2.45) is 0 Å². The molecule has 65 heavy (non-hydrogen) atoms. The van der Waals surface area contributed by atoms with Gasteiger partial charge in [0.05, 0.1) is 70.4 Å². The first-order valence-corrected chi connectivity index (χ1v) is 24.0. The van der Waals surface area contributed by atoms with Crippen molar-refractivity contribution in [1.29, 1.82) is 0 Å². The van der Waals surface area contributed by atoms with Crippen LogP contribution in [-0.4, -0.2) is 141 Å². The average molecular weight is 939 g/mol. The third-order valence-electron chi connectivity index (χ3n) is 11.2. The normalized spacial score (nSPS) is 15.0. The molecular formula is C47H62N4O12S2. The lowest BCUT2D eigenvalue weighted by Crippen LogP contribution is -2.50. The largest absolute Gasteiger partial charge is 0.493 e. The minimum absolute atomic E-state index is 0.00445. The molecule has 3 aromatic rings. The van der Waals surface area contributed by atoms with Gasteiger partial charge in [-0.1, -0.05) is 19.9 Å². The summed E-state index contributed by atoms with van der Waals surface area (Å²) >= 11 is 3.63. The molecule has 18 heteroatoms. The number of carbonyl (C=O) groups is 3.